The second-order valence-corrected chi connectivity index (χ2v) is 10.2. The molecule has 2 aliphatic heterocycles. The number of unbranched alkanes of at least 4 members (excludes halogenated alkanes) is 1. The van der Waals surface area contributed by atoms with Crippen molar-refractivity contribution in [2.45, 2.75) is 68.7 Å². The summed E-state index contributed by atoms with van der Waals surface area (Å²) in [6.45, 7) is 4.08. The van der Waals surface area contributed by atoms with E-state index in [0.29, 0.717) is 55.7 Å². The molecular weight excluding hydrogens is 478 g/mol. The number of nitrogens with zero attached hydrogens (tertiary/aromatic N) is 2. The number of ether oxygens (including phenoxy) is 1. The van der Waals surface area contributed by atoms with Crippen molar-refractivity contribution < 1.29 is 17.7 Å². The second-order valence-electron chi connectivity index (χ2n) is 8.72. The van der Waals surface area contributed by atoms with Crippen molar-refractivity contribution in [3.05, 3.63) is 41.1 Å². The SMILES string of the molecule is CCCCC(CCNc1nc2c(c(NC3CCOCC3)n1)S(=O)CC2)c1ccc(F)cc1F.S. The van der Waals surface area contributed by atoms with Gasteiger partial charge in [0.15, 0.2) is 0 Å². The molecule has 2 atom stereocenters. The zero-order valence-corrected chi connectivity index (χ0v) is 21.4. The predicted octanol–water partition coefficient (Wildman–Crippen LogP) is 4.90. The number of fused-ring (bicyclic) bond motifs is 1. The highest BCUT2D eigenvalue weighted by atomic mass is 32.2. The Morgan fingerprint density at radius 3 is 2.74 bits per heavy atom. The minimum atomic E-state index is -1.09. The van der Waals surface area contributed by atoms with Gasteiger partial charge in [-0.25, -0.2) is 13.8 Å². The van der Waals surface area contributed by atoms with E-state index >= 15 is 0 Å². The number of hydrogen-bond donors (Lipinski definition) is 2. The molecule has 1 aromatic heterocycles. The van der Waals surface area contributed by atoms with Crippen molar-refractivity contribution in [3.8, 4) is 0 Å². The topological polar surface area (TPSA) is 76.1 Å². The van der Waals surface area contributed by atoms with Crippen LogP contribution in [0.2, 0.25) is 0 Å². The van der Waals surface area contributed by atoms with Gasteiger partial charge in [0.05, 0.1) is 16.5 Å². The lowest BCUT2D eigenvalue weighted by molar-refractivity contribution is 0.0903. The van der Waals surface area contributed by atoms with Crippen LogP contribution in [0.1, 0.15) is 62.6 Å². The summed E-state index contributed by atoms with van der Waals surface area (Å²) in [4.78, 5) is 10.00. The summed E-state index contributed by atoms with van der Waals surface area (Å²) in [7, 11) is -1.09. The molecule has 0 saturated carbocycles. The van der Waals surface area contributed by atoms with E-state index in [1.165, 1.54) is 6.07 Å². The maximum absolute atomic E-state index is 14.4. The molecule has 1 aromatic carbocycles. The first-order valence-electron chi connectivity index (χ1n) is 11.9. The van der Waals surface area contributed by atoms with Gasteiger partial charge in [0.2, 0.25) is 5.95 Å². The third kappa shape index (κ3) is 6.66. The van der Waals surface area contributed by atoms with E-state index in [0.717, 1.165) is 48.8 Å². The number of nitrogens with one attached hydrogen (secondary N) is 2. The maximum atomic E-state index is 14.4. The van der Waals surface area contributed by atoms with Crippen LogP contribution in [0.15, 0.2) is 23.1 Å². The van der Waals surface area contributed by atoms with Gasteiger partial charge in [0.25, 0.3) is 0 Å². The number of benzene rings is 1. The van der Waals surface area contributed by atoms with E-state index in [1.807, 2.05) is 0 Å². The smallest absolute Gasteiger partial charge is 0.224 e. The molecule has 34 heavy (non-hydrogen) atoms. The predicted molar refractivity (Wildman–Crippen MR) is 137 cm³/mol. The molecule has 10 heteroatoms. The molecule has 188 valence electrons. The van der Waals surface area contributed by atoms with E-state index in [2.05, 4.69) is 27.5 Å². The first-order chi connectivity index (χ1) is 16.0. The van der Waals surface area contributed by atoms with E-state index in [9.17, 15) is 13.0 Å². The van der Waals surface area contributed by atoms with Crippen molar-refractivity contribution in [2.24, 2.45) is 0 Å². The first-order valence-corrected chi connectivity index (χ1v) is 13.2. The molecule has 2 aromatic rings. The normalized spacial score (nSPS) is 18.7. The number of halogens is 2. The Bertz CT molecular complexity index is 990. The molecule has 0 radical (unpaired) electrons. The summed E-state index contributed by atoms with van der Waals surface area (Å²) in [5, 5.41) is 6.76. The molecule has 1 saturated heterocycles. The molecule has 0 spiro atoms. The van der Waals surface area contributed by atoms with Gasteiger partial charge in [0.1, 0.15) is 22.3 Å². The van der Waals surface area contributed by atoms with Gasteiger partial charge in [-0.05, 0) is 43.2 Å². The lowest BCUT2D eigenvalue weighted by Gasteiger charge is -2.24. The van der Waals surface area contributed by atoms with Crippen molar-refractivity contribution in [2.75, 3.05) is 36.1 Å². The molecule has 6 nitrogen and oxygen atoms in total. The summed E-state index contributed by atoms with van der Waals surface area (Å²) >= 11 is 0. The number of aryl methyl sites for hydroxylation is 1. The van der Waals surface area contributed by atoms with Gasteiger partial charge >= 0.3 is 0 Å². The fraction of sp³-hybridized carbons (Fsp3) is 0.583. The molecule has 4 rings (SSSR count). The van der Waals surface area contributed by atoms with Crippen LogP contribution in [0.25, 0.3) is 0 Å². The zero-order chi connectivity index (χ0) is 23.2. The number of anilines is 2. The summed E-state index contributed by atoms with van der Waals surface area (Å²) in [5.41, 5.74) is 1.38. The molecule has 2 aliphatic rings. The Morgan fingerprint density at radius 2 is 2.00 bits per heavy atom. The average Bonchev–Trinajstić information content (AvgIpc) is 3.18. The Hall–Kier alpha value is -1.78. The standard InChI is InChI=1S/C24H32F2N4O2S.H2S/c1-2-3-4-16(19-6-5-17(25)15-20(19)26)7-11-27-24-29-21-10-14-33(31)22(21)23(30-24)28-18-8-12-32-13-9-18;/h5-6,15-16,18H,2-4,7-14H2,1H3,(H2,27,28,29,30);1H2. The number of hydrogen-bond acceptors (Lipinski definition) is 6. The van der Waals surface area contributed by atoms with E-state index in [-0.39, 0.29) is 25.5 Å². The average molecular weight is 513 g/mol. The first kappa shape index (κ1) is 26.8. The number of aromatic nitrogens is 2. The quantitative estimate of drug-likeness (QED) is 0.472. The summed E-state index contributed by atoms with van der Waals surface area (Å²) in [6.07, 6.45) is 5.94. The van der Waals surface area contributed by atoms with E-state index in [4.69, 9.17) is 4.74 Å². The minimum absolute atomic E-state index is 0. The van der Waals surface area contributed by atoms with Crippen LogP contribution in [0.5, 0.6) is 0 Å². The highest BCUT2D eigenvalue weighted by molar-refractivity contribution is 7.85. The van der Waals surface area contributed by atoms with Gasteiger partial charge in [-0.2, -0.15) is 18.5 Å². The maximum Gasteiger partial charge on any atom is 0.224 e. The summed E-state index contributed by atoms with van der Waals surface area (Å²) in [6, 6.07) is 4.08. The molecule has 0 amide bonds. The summed E-state index contributed by atoms with van der Waals surface area (Å²) < 4.78 is 45.8. The van der Waals surface area contributed by atoms with Crippen molar-refractivity contribution in [1.29, 1.82) is 0 Å². The van der Waals surface area contributed by atoms with Crippen LogP contribution in [0.4, 0.5) is 20.5 Å². The molecule has 2 unspecified atom stereocenters. The van der Waals surface area contributed by atoms with Crippen molar-refractivity contribution in [3.63, 3.8) is 0 Å². The van der Waals surface area contributed by atoms with Gasteiger partial charge in [-0.1, -0.05) is 25.8 Å². The highest BCUT2D eigenvalue weighted by Gasteiger charge is 2.27. The van der Waals surface area contributed by atoms with Crippen LogP contribution in [0, 0.1) is 11.6 Å². The van der Waals surface area contributed by atoms with E-state index in [1.54, 1.807) is 6.07 Å². The minimum Gasteiger partial charge on any atom is -0.381 e. The van der Waals surface area contributed by atoms with Gasteiger partial charge in [-0.3, -0.25) is 4.21 Å². The molecule has 3 heterocycles. The van der Waals surface area contributed by atoms with Crippen LogP contribution in [-0.2, 0) is 22.0 Å². The largest absolute Gasteiger partial charge is 0.381 e. The van der Waals surface area contributed by atoms with Crippen LogP contribution in [-0.4, -0.2) is 45.7 Å². The van der Waals surface area contributed by atoms with Crippen LogP contribution < -0.4 is 10.6 Å². The third-order valence-corrected chi connectivity index (χ3v) is 7.79. The molecule has 2 N–H and O–H groups in total. The Labute approximate surface area is 209 Å². The second kappa shape index (κ2) is 12.8. The highest BCUT2D eigenvalue weighted by Crippen LogP contribution is 2.31. The van der Waals surface area contributed by atoms with E-state index < -0.39 is 22.4 Å². The van der Waals surface area contributed by atoms with Crippen LogP contribution in [0.3, 0.4) is 0 Å². The monoisotopic (exact) mass is 512 g/mol. The van der Waals surface area contributed by atoms with Crippen molar-refractivity contribution >= 4 is 36.1 Å². The fourth-order valence-corrected chi connectivity index (χ4v) is 5.82. The lowest BCUT2D eigenvalue weighted by Crippen LogP contribution is -2.29. The molecular formula is C24H34F2N4O2S2. The van der Waals surface area contributed by atoms with Crippen molar-refractivity contribution in [1.82, 2.24) is 9.97 Å². The lowest BCUT2D eigenvalue weighted by atomic mass is 9.90. The summed E-state index contributed by atoms with van der Waals surface area (Å²) in [5.74, 6) is 0.652. The van der Waals surface area contributed by atoms with Gasteiger partial charge in [-0.15, -0.1) is 0 Å². The fourth-order valence-electron chi connectivity index (χ4n) is 4.51. The molecule has 1 fully saturated rings. The van der Waals surface area contributed by atoms with Crippen LogP contribution >= 0.6 is 13.5 Å². The Balaban J connectivity index is 0.00000324. The molecule has 0 bridgehead atoms. The third-order valence-electron chi connectivity index (χ3n) is 6.33. The zero-order valence-electron chi connectivity index (χ0n) is 19.5. The Kier molecular flexibility index (Phi) is 10.1. The molecule has 0 aliphatic carbocycles. The van der Waals surface area contributed by atoms with Gasteiger partial charge < -0.3 is 15.4 Å². The number of rotatable bonds is 10. The Morgan fingerprint density at radius 1 is 1.21 bits per heavy atom. The van der Waals surface area contributed by atoms with Gasteiger partial charge in [0, 0.05) is 44.0 Å².